The van der Waals surface area contributed by atoms with Crippen LogP contribution in [-0.4, -0.2) is 49.1 Å². The predicted molar refractivity (Wildman–Crippen MR) is 58.0 cm³/mol. The second-order valence-electron chi connectivity index (χ2n) is 4.72. The summed E-state index contributed by atoms with van der Waals surface area (Å²) in [6.07, 6.45) is 1.27. The van der Waals surface area contributed by atoms with Gasteiger partial charge in [-0.2, -0.15) is 0 Å². The van der Waals surface area contributed by atoms with Gasteiger partial charge in [-0.25, -0.2) is 0 Å². The minimum absolute atomic E-state index is 0.757. The van der Waals surface area contributed by atoms with Gasteiger partial charge in [-0.3, -0.25) is 4.90 Å². The molecule has 0 saturated carbocycles. The standard InChI is InChI=1S/C11H24N2/c1-6-10(3)13-7-9(2)11(8-13)12(4)5/h9-11H,6-8H2,1-5H3. The Morgan fingerprint density at radius 1 is 1.38 bits per heavy atom. The van der Waals surface area contributed by atoms with Crippen LogP contribution in [0.4, 0.5) is 0 Å². The third-order valence-electron chi connectivity index (χ3n) is 3.48. The summed E-state index contributed by atoms with van der Waals surface area (Å²) in [5.74, 6) is 0.823. The van der Waals surface area contributed by atoms with Gasteiger partial charge in [-0.15, -0.1) is 0 Å². The van der Waals surface area contributed by atoms with Crippen molar-refractivity contribution in [3.63, 3.8) is 0 Å². The van der Waals surface area contributed by atoms with E-state index in [4.69, 9.17) is 0 Å². The van der Waals surface area contributed by atoms with E-state index in [9.17, 15) is 0 Å². The molecule has 3 unspecified atom stereocenters. The Balaban J connectivity index is 2.49. The summed E-state index contributed by atoms with van der Waals surface area (Å²) in [5, 5.41) is 0. The highest BCUT2D eigenvalue weighted by Crippen LogP contribution is 2.22. The van der Waals surface area contributed by atoms with E-state index < -0.39 is 0 Å². The molecule has 1 heterocycles. The molecule has 0 amide bonds. The topological polar surface area (TPSA) is 6.48 Å². The maximum absolute atomic E-state index is 2.62. The van der Waals surface area contributed by atoms with Crippen molar-refractivity contribution in [1.29, 1.82) is 0 Å². The lowest BCUT2D eigenvalue weighted by Gasteiger charge is -2.25. The average molecular weight is 184 g/mol. The van der Waals surface area contributed by atoms with Crippen LogP contribution in [0.5, 0.6) is 0 Å². The molecule has 1 saturated heterocycles. The number of nitrogens with zero attached hydrogens (tertiary/aromatic N) is 2. The zero-order valence-electron chi connectivity index (χ0n) is 9.75. The van der Waals surface area contributed by atoms with E-state index >= 15 is 0 Å². The molecule has 1 rings (SSSR count). The van der Waals surface area contributed by atoms with E-state index in [-0.39, 0.29) is 0 Å². The lowest BCUT2D eigenvalue weighted by atomic mass is 10.1. The van der Waals surface area contributed by atoms with Crippen molar-refractivity contribution in [1.82, 2.24) is 9.80 Å². The molecule has 0 aromatic rings. The van der Waals surface area contributed by atoms with Crippen molar-refractivity contribution < 1.29 is 0 Å². The van der Waals surface area contributed by atoms with Gasteiger partial charge in [0, 0.05) is 25.2 Å². The van der Waals surface area contributed by atoms with Crippen LogP contribution < -0.4 is 0 Å². The summed E-state index contributed by atoms with van der Waals surface area (Å²) in [5.41, 5.74) is 0. The Kier molecular flexibility index (Phi) is 3.74. The molecule has 0 aliphatic carbocycles. The lowest BCUT2D eigenvalue weighted by molar-refractivity contribution is 0.221. The Bertz CT molecular complexity index is 156. The number of likely N-dealkylation sites (tertiary alicyclic amines) is 1. The van der Waals surface area contributed by atoms with Crippen LogP contribution >= 0.6 is 0 Å². The van der Waals surface area contributed by atoms with Gasteiger partial charge in [-0.1, -0.05) is 13.8 Å². The normalized spacial score (nSPS) is 32.8. The van der Waals surface area contributed by atoms with Crippen LogP contribution in [0.25, 0.3) is 0 Å². The lowest BCUT2D eigenvalue weighted by Crippen LogP contribution is -2.36. The molecule has 1 aliphatic rings. The SMILES string of the molecule is CCC(C)N1CC(C)C(N(C)C)C1. The summed E-state index contributed by atoms with van der Waals surface area (Å²) < 4.78 is 0. The third-order valence-corrected chi connectivity index (χ3v) is 3.48. The van der Waals surface area contributed by atoms with Gasteiger partial charge in [0.05, 0.1) is 0 Å². The van der Waals surface area contributed by atoms with Crippen LogP contribution in [0.1, 0.15) is 27.2 Å². The van der Waals surface area contributed by atoms with Crippen LogP contribution in [-0.2, 0) is 0 Å². The molecule has 0 aromatic carbocycles. The second-order valence-corrected chi connectivity index (χ2v) is 4.72. The van der Waals surface area contributed by atoms with E-state index in [1.165, 1.54) is 19.5 Å². The quantitative estimate of drug-likeness (QED) is 0.658. The second kappa shape index (κ2) is 4.43. The largest absolute Gasteiger partial charge is 0.305 e. The highest BCUT2D eigenvalue weighted by molar-refractivity contribution is 4.88. The van der Waals surface area contributed by atoms with E-state index in [0.717, 1.165) is 18.0 Å². The fraction of sp³-hybridized carbons (Fsp3) is 1.00. The minimum atomic E-state index is 0.757. The summed E-state index contributed by atoms with van der Waals surface area (Å²) in [6.45, 7) is 9.51. The fourth-order valence-corrected chi connectivity index (χ4v) is 2.28. The van der Waals surface area contributed by atoms with Gasteiger partial charge in [0.2, 0.25) is 0 Å². The molecule has 2 heteroatoms. The Morgan fingerprint density at radius 3 is 2.38 bits per heavy atom. The Morgan fingerprint density at radius 2 is 2.00 bits per heavy atom. The maximum Gasteiger partial charge on any atom is 0.0254 e. The monoisotopic (exact) mass is 184 g/mol. The maximum atomic E-state index is 2.62. The van der Waals surface area contributed by atoms with Crippen LogP contribution in [0.2, 0.25) is 0 Å². The fourth-order valence-electron chi connectivity index (χ4n) is 2.28. The first kappa shape index (κ1) is 11.0. The average Bonchev–Trinajstić information content (AvgIpc) is 2.46. The molecular formula is C11H24N2. The summed E-state index contributed by atoms with van der Waals surface area (Å²) in [4.78, 5) is 4.99. The van der Waals surface area contributed by atoms with Gasteiger partial charge in [-0.05, 0) is 33.4 Å². The summed E-state index contributed by atoms with van der Waals surface area (Å²) in [6, 6.07) is 1.52. The van der Waals surface area contributed by atoms with Gasteiger partial charge in [0.15, 0.2) is 0 Å². The zero-order valence-corrected chi connectivity index (χ0v) is 9.75. The smallest absolute Gasteiger partial charge is 0.0254 e. The molecule has 78 valence electrons. The first-order chi connectivity index (χ1) is 6.06. The predicted octanol–water partition coefficient (Wildman–Crippen LogP) is 1.67. The highest BCUT2D eigenvalue weighted by Gasteiger charge is 2.32. The van der Waals surface area contributed by atoms with E-state index in [0.29, 0.717) is 0 Å². The molecule has 0 N–H and O–H groups in total. The van der Waals surface area contributed by atoms with Crippen molar-refractivity contribution in [3.05, 3.63) is 0 Å². The zero-order chi connectivity index (χ0) is 10.0. The molecule has 1 aliphatic heterocycles. The van der Waals surface area contributed by atoms with Gasteiger partial charge in [0.1, 0.15) is 0 Å². The van der Waals surface area contributed by atoms with Crippen molar-refractivity contribution in [2.75, 3.05) is 27.2 Å². The van der Waals surface area contributed by atoms with Gasteiger partial charge < -0.3 is 4.90 Å². The number of hydrogen-bond donors (Lipinski definition) is 0. The first-order valence-electron chi connectivity index (χ1n) is 5.46. The Labute approximate surface area is 82.9 Å². The van der Waals surface area contributed by atoms with Crippen LogP contribution in [0, 0.1) is 5.92 Å². The van der Waals surface area contributed by atoms with Crippen molar-refractivity contribution in [3.8, 4) is 0 Å². The number of likely N-dealkylation sites (N-methyl/N-ethyl adjacent to an activating group) is 1. The van der Waals surface area contributed by atoms with Crippen molar-refractivity contribution in [2.24, 2.45) is 5.92 Å². The minimum Gasteiger partial charge on any atom is -0.305 e. The van der Waals surface area contributed by atoms with E-state index in [2.05, 4.69) is 44.7 Å². The molecular weight excluding hydrogens is 160 g/mol. The molecule has 3 atom stereocenters. The van der Waals surface area contributed by atoms with Crippen LogP contribution in [0.3, 0.4) is 0 Å². The molecule has 0 aromatic heterocycles. The first-order valence-corrected chi connectivity index (χ1v) is 5.46. The van der Waals surface area contributed by atoms with E-state index in [1.807, 2.05) is 0 Å². The van der Waals surface area contributed by atoms with Crippen molar-refractivity contribution >= 4 is 0 Å². The Hall–Kier alpha value is -0.0800. The molecule has 0 radical (unpaired) electrons. The van der Waals surface area contributed by atoms with Crippen molar-refractivity contribution in [2.45, 2.75) is 39.3 Å². The van der Waals surface area contributed by atoms with E-state index in [1.54, 1.807) is 0 Å². The third kappa shape index (κ3) is 2.44. The number of hydrogen-bond acceptors (Lipinski definition) is 2. The highest BCUT2D eigenvalue weighted by atomic mass is 15.3. The number of rotatable bonds is 3. The molecule has 0 spiro atoms. The van der Waals surface area contributed by atoms with Gasteiger partial charge in [0.25, 0.3) is 0 Å². The van der Waals surface area contributed by atoms with Crippen LogP contribution in [0.15, 0.2) is 0 Å². The summed E-state index contributed by atoms with van der Waals surface area (Å²) >= 11 is 0. The molecule has 0 bridgehead atoms. The molecule has 2 nitrogen and oxygen atoms in total. The summed E-state index contributed by atoms with van der Waals surface area (Å²) in [7, 11) is 4.39. The van der Waals surface area contributed by atoms with Gasteiger partial charge >= 0.3 is 0 Å². The molecule has 13 heavy (non-hydrogen) atoms. The molecule has 1 fully saturated rings.